The fourth-order valence-corrected chi connectivity index (χ4v) is 3.05. The minimum absolute atomic E-state index is 0.0696. The van der Waals surface area contributed by atoms with Crippen LogP contribution in [0.5, 0.6) is 0 Å². The van der Waals surface area contributed by atoms with E-state index in [0.29, 0.717) is 17.0 Å². The second kappa shape index (κ2) is 4.46. The van der Waals surface area contributed by atoms with Crippen molar-refractivity contribution in [2.75, 3.05) is 0 Å². The highest BCUT2D eigenvalue weighted by molar-refractivity contribution is 6.25. The zero-order chi connectivity index (χ0) is 15.3. The van der Waals surface area contributed by atoms with Crippen molar-refractivity contribution in [3.63, 3.8) is 0 Å². The average Bonchev–Trinajstić information content (AvgIpc) is 2.58. The molecule has 0 unspecified atom stereocenters. The SMILES string of the molecule is C=Cc1nc2c3c(nccc3c1C=C)-c1ccccc1C2=O. The first kappa shape index (κ1) is 12.7. The van der Waals surface area contributed by atoms with E-state index in [1.54, 1.807) is 18.3 Å². The van der Waals surface area contributed by atoms with Crippen LogP contribution in [0.15, 0.2) is 49.7 Å². The summed E-state index contributed by atoms with van der Waals surface area (Å²) in [6, 6.07) is 9.41. The van der Waals surface area contributed by atoms with Gasteiger partial charge in [0, 0.05) is 28.3 Å². The van der Waals surface area contributed by atoms with Crippen molar-refractivity contribution in [2.24, 2.45) is 0 Å². The maximum absolute atomic E-state index is 12.8. The molecule has 0 amide bonds. The Kier molecular flexibility index (Phi) is 2.57. The van der Waals surface area contributed by atoms with E-state index in [2.05, 4.69) is 23.1 Å². The van der Waals surface area contributed by atoms with Crippen LogP contribution in [0.4, 0.5) is 0 Å². The number of carbonyl (C=O) groups excluding carboxylic acids is 1. The molecule has 0 saturated carbocycles. The standard InChI is InChI=1S/C19H12N2O/c1-3-11-12-9-10-20-17-13-7-5-6-8-14(13)19(22)18(16(12)17)21-15(11)4-2/h3-10H,1-2H2. The first-order chi connectivity index (χ1) is 10.8. The zero-order valence-electron chi connectivity index (χ0n) is 11.8. The van der Waals surface area contributed by atoms with Gasteiger partial charge < -0.3 is 0 Å². The maximum Gasteiger partial charge on any atom is 0.212 e. The Bertz CT molecular complexity index is 986. The molecule has 4 rings (SSSR count). The number of benzene rings is 1. The number of hydrogen-bond donors (Lipinski definition) is 0. The average molecular weight is 284 g/mol. The van der Waals surface area contributed by atoms with Crippen molar-refractivity contribution >= 4 is 28.7 Å². The first-order valence-corrected chi connectivity index (χ1v) is 6.98. The normalized spacial score (nSPS) is 12.1. The van der Waals surface area contributed by atoms with Crippen molar-refractivity contribution in [3.05, 3.63) is 72.2 Å². The van der Waals surface area contributed by atoms with E-state index in [9.17, 15) is 4.79 Å². The molecule has 0 radical (unpaired) electrons. The summed E-state index contributed by atoms with van der Waals surface area (Å²) in [5.41, 5.74) is 4.29. The number of fused-ring (bicyclic) bond motifs is 2. The Hall–Kier alpha value is -3.07. The van der Waals surface area contributed by atoms with Gasteiger partial charge in [0.05, 0.1) is 11.4 Å². The number of rotatable bonds is 2. The molecule has 2 heterocycles. The Morgan fingerprint density at radius 1 is 0.955 bits per heavy atom. The van der Waals surface area contributed by atoms with E-state index in [0.717, 1.165) is 27.6 Å². The maximum atomic E-state index is 12.8. The lowest BCUT2D eigenvalue weighted by molar-refractivity contribution is 0.103. The number of nitrogens with zero attached hydrogens (tertiary/aromatic N) is 2. The van der Waals surface area contributed by atoms with Crippen LogP contribution >= 0.6 is 0 Å². The molecule has 3 aromatic rings. The summed E-state index contributed by atoms with van der Waals surface area (Å²) in [4.78, 5) is 21.8. The van der Waals surface area contributed by atoms with Gasteiger partial charge in [-0.1, -0.05) is 43.5 Å². The summed E-state index contributed by atoms with van der Waals surface area (Å²) in [5, 5.41) is 1.73. The zero-order valence-corrected chi connectivity index (χ0v) is 11.8. The third kappa shape index (κ3) is 1.48. The summed E-state index contributed by atoms with van der Waals surface area (Å²) in [6.07, 6.45) is 5.16. The van der Waals surface area contributed by atoms with Gasteiger partial charge in [-0.15, -0.1) is 0 Å². The third-order valence-corrected chi connectivity index (χ3v) is 4.03. The number of ketones is 1. The van der Waals surface area contributed by atoms with E-state index in [4.69, 9.17) is 0 Å². The first-order valence-electron chi connectivity index (χ1n) is 6.98. The van der Waals surface area contributed by atoms with Crippen LogP contribution in [-0.2, 0) is 0 Å². The molecule has 1 aromatic carbocycles. The van der Waals surface area contributed by atoms with Crippen molar-refractivity contribution in [3.8, 4) is 11.3 Å². The molecule has 1 aliphatic rings. The summed E-state index contributed by atoms with van der Waals surface area (Å²) < 4.78 is 0. The van der Waals surface area contributed by atoms with Gasteiger partial charge in [0.15, 0.2) is 0 Å². The molecular weight excluding hydrogens is 272 g/mol. The minimum Gasteiger partial charge on any atom is -0.287 e. The van der Waals surface area contributed by atoms with Crippen molar-refractivity contribution < 1.29 is 4.79 Å². The molecule has 0 bridgehead atoms. The smallest absolute Gasteiger partial charge is 0.212 e. The van der Waals surface area contributed by atoms with Gasteiger partial charge in [-0.25, -0.2) is 4.98 Å². The largest absolute Gasteiger partial charge is 0.287 e. The highest BCUT2D eigenvalue weighted by Gasteiger charge is 2.28. The molecule has 0 aliphatic heterocycles. The number of aromatic nitrogens is 2. The minimum atomic E-state index is -0.0696. The quantitative estimate of drug-likeness (QED) is 0.556. The van der Waals surface area contributed by atoms with Crippen molar-refractivity contribution in [1.82, 2.24) is 9.97 Å². The Labute approximate surface area is 127 Å². The molecule has 104 valence electrons. The van der Waals surface area contributed by atoms with E-state index in [-0.39, 0.29) is 5.78 Å². The number of hydrogen-bond acceptors (Lipinski definition) is 3. The van der Waals surface area contributed by atoms with Gasteiger partial charge in [0.25, 0.3) is 0 Å². The molecule has 0 atom stereocenters. The van der Waals surface area contributed by atoms with Gasteiger partial charge in [-0.05, 0) is 17.5 Å². The highest BCUT2D eigenvalue weighted by atomic mass is 16.1. The lowest BCUT2D eigenvalue weighted by Crippen LogP contribution is -2.14. The van der Waals surface area contributed by atoms with Gasteiger partial charge in [-0.2, -0.15) is 0 Å². The molecule has 3 nitrogen and oxygen atoms in total. The lowest BCUT2D eigenvalue weighted by Gasteiger charge is -2.20. The van der Waals surface area contributed by atoms with Crippen LogP contribution in [0.3, 0.4) is 0 Å². The fraction of sp³-hybridized carbons (Fsp3) is 0. The molecule has 0 fully saturated rings. The number of carbonyl (C=O) groups is 1. The molecule has 0 saturated heterocycles. The molecule has 0 N–H and O–H groups in total. The van der Waals surface area contributed by atoms with Gasteiger partial charge >= 0.3 is 0 Å². The molecular formula is C19H12N2O. The second-order valence-corrected chi connectivity index (χ2v) is 5.12. The van der Waals surface area contributed by atoms with Crippen LogP contribution in [0, 0.1) is 0 Å². The predicted molar refractivity (Wildman–Crippen MR) is 88.6 cm³/mol. The fourth-order valence-electron chi connectivity index (χ4n) is 3.05. The van der Waals surface area contributed by atoms with E-state index < -0.39 is 0 Å². The summed E-state index contributed by atoms with van der Waals surface area (Å²) >= 11 is 0. The summed E-state index contributed by atoms with van der Waals surface area (Å²) in [6.45, 7) is 7.66. The van der Waals surface area contributed by atoms with Crippen LogP contribution in [0.25, 0.3) is 34.2 Å². The molecule has 1 aliphatic carbocycles. The van der Waals surface area contributed by atoms with E-state index in [1.807, 2.05) is 30.3 Å². The summed E-state index contributed by atoms with van der Waals surface area (Å²) in [7, 11) is 0. The van der Waals surface area contributed by atoms with Crippen LogP contribution in [0.1, 0.15) is 27.3 Å². The Morgan fingerprint density at radius 3 is 2.45 bits per heavy atom. The Morgan fingerprint density at radius 2 is 1.73 bits per heavy atom. The topological polar surface area (TPSA) is 42.9 Å². The number of pyridine rings is 2. The Balaban J connectivity index is 2.27. The van der Waals surface area contributed by atoms with Crippen LogP contribution < -0.4 is 0 Å². The second-order valence-electron chi connectivity index (χ2n) is 5.12. The molecule has 3 heteroatoms. The molecule has 22 heavy (non-hydrogen) atoms. The van der Waals surface area contributed by atoms with E-state index in [1.165, 1.54) is 0 Å². The monoisotopic (exact) mass is 284 g/mol. The summed E-state index contributed by atoms with van der Waals surface area (Å²) in [5.74, 6) is -0.0696. The lowest BCUT2D eigenvalue weighted by atomic mass is 9.87. The van der Waals surface area contributed by atoms with Crippen LogP contribution in [-0.4, -0.2) is 15.8 Å². The van der Waals surface area contributed by atoms with Gasteiger partial charge in [0.1, 0.15) is 5.69 Å². The van der Waals surface area contributed by atoms with Gasteiger partial charge in [0.2, 0.25) is 5.78 Å². The van der Waals surface area contributed by atoms with Crippen molar-refractivity contribution in [2.45, 2.75) is 0 Å². The molecule has 0 spiro atoms. The van der Waals surface area contributed by atoms with Crippen molar-refractivity contribution in [1.29, 1.82) is 0 Å². The predicted octanol–water partition coefficient (Wildman–Crippen LogP) is 4.13. The van der Waals surface area contributed by atoms with Crippen LogP contribution in [0.2, 0.25) is 0 Å². The third-order valence-electron chi connectivity index (χ3n) is 4.03. The highest BCUT2D eigenvalue weighted by Crippen LogP contribution is 2.39. The van der Waals surface area contributed by atoms with Gasteiger partial charge in [-0.3, -0.25) is 9.78 Å². The molecule has 2 aromatic heterocycles. The van der Waals surface area contributed by atoms with E-state index >= 15 is 0 Å².